The Bertz CT molecular complexity index is 638. The molecule has 1 unspecified atom stereocenters. The number of rotatable bonds is 2. The Morgan fingerprint density at radius 1 is 1.47 bits per heavy atom. The van der Waals surface area contributed by atoms with Crippen molar-refractivity contribution in [1.82, 2.24) is 15.2 Å². The highest BCUT2D eigenvalue weighted by atomic mass is 32.1. The average molecular weight is 273 g/mol. The number of carbonyl (C=O) groups excluding carboxylic acids is 1. The molecule has 0 saturated carbocycles. The molecular formula is C14H15N3OS. The van der Waals surface area contributed by atoms with Gasteiger partial charge in [-0.15, -0.1) is 11.3 Å². The van der Waals surface area contributed by atoms with E-state index in [-0.39, 0.29) is 5.91 Å². The van der Waals surface area contributed by atoms with Gasteiger partial charge in [-0.3, -0.25) is 9.78 Å². The van der Waals surface area contributed by atoms with Gasteiger partial charge in [-0.1, -0.05) is 0 Å². The maximum Gasteiger partial charge on any atom is 0.270 e. The van der Waals surface area contributed by atoms with Crippen LogP contribution in [0.15, 0.2) is 23.7 Å². The molecule has 5 heteroatoms. The van der Waals surface area contributed by atoms with E-state index in [1.807, 2.05) is 17.5 Å². The van der Waals surface area contributed by atoms with Crippen LogP contribution in [0.3, 0.4) is 0 Å². The number of piperidine rings is 1. The number of fused-ring (bicyclic) bond motifs is 3. The molecule has 0 spiro atoms. The summed E-state index contributed by atoms with van der Waals surface area (Å²) in [6.07, 6.45) is 2.99. The molecule has 4 heterocycles. The maximum atomic E-state index is 12.3. The van der Waals surface area contributed by atoms with Gasteiger partial charge in [0.1, 0.15) is 5.69 Å². The zero-order valence-corrected chi connectivity index (χ0v) is 11.3. The fourth-order valence-electron chi connectivity index (χ4n) is 3.17. The highest BCUT2D eigenvalue weighted by Crippen LogP contribution is 2.28. The second-order valence-corrected chi connectivity index (χ2v) is 6.36. The van der Waals surface area contributed by atoms with E-state index >= 15 is 0 Å². The number of thiophene rings is 1. The van der Waals surface area contributed by atoms with Crippen LogP contribution >= 0.6 is 11.3 Å². The van der Waals surface area contributed by atoms with Crippen LogP contribution in [-0.4, -0.2) is 41.5 Å². The van der Waals surface area contributed by atoms with Gasteiger partial charge in [-0.2, -0.15) is 0 Å². The maximum absolute atomic E-state index is 12.3. The van der Waals surface area contributed by atoms with Crippen LogP contribution < -0.4 is 5.32 Å². The van der Waals surface area contributed by atoms with Gasteiger partial charge in [0.05, 0.1) is 0 Å². The lowest BCUT2D eigenvalue weighted by Gasteiger charge is -2.22. The first-order valence-electron chi connectivity index (χ1n) is 6.66. The molecule has 2 bridgehead atoms. The number of amides is 1. The fraction of sp³-hybridized carbons (Fsp3) is 0.429. The third-order valence-corrected chi connectivity index (χ3v) is 5.10. The third-order valence-electron chi connectivity index (χ3n) is 4.22. The van der Waals surface area contributed by atoms with E-state index in [1.165, 1.54) is 13.0 Å². The van der Waals surface area contributed by atoms with Crippen molar-refractivity contribution in [2.45, 2.75) is 12.5 Å². The molecule has 0 radical (unpaired) electrons. The summed E-state index contributed by atoms with van der Waals surface area (Å²) in [6, 6.07) is 4.22. The van der Waals surface area contributed by atoms with Crippen molar-refractivity contribution >= 4 is 27.3 Å². The molecule has 1 N–H and O–H groups in total. The number of carbonyl (C=O) groups is 1. The van der Waals surface area contributed by atoms with Gasteiger partial charge in [-0.25, -0.2) is 0 Å². The lowest BCUT2D eigenvalue weighted by atomic mass is 10.00. The van der Waals surface area contributed by atoms with Crippen LogP contribution in [0.4, 0.5) is 0 Å². The van der Waals surface area contributed by atoms with Crippen molar-refractivity contribution in [3.05, 3.63) is 29.4 Å². The number of nitrogens with zero attached hydrogens (tertiary/aromatic N) is 2. The smallest absolute Gasteiger partial charge is 0.270 e. The Morgan fingerprint density at radius 2 is 2.42 bits per heavy atom. The van der Waals surface area contributed by atoms with Gasteiger partial charge in [0, 0.05) is 35.4 Å². The minimum absolute atomic E-state index is 0.0333. The zero-order valence-electron chi connectivity index (χ0n) is 10.5. The van der Waals surface area contributed by atoms with Crippen LogP contribution in [0.5, 0.6) is 0 Å². The van der Waals surface area contributed by atoms with Crippen molar-refractivity contribution in [3.8, 4) is 0 Å². The van der Waals surface area contributed by atoms with Crippen molar-refractivity contribution < 1.29 is 4.79 Å². The first-order valence-corrected chi connectivity index (χ1v) is 7.54. The van der Waals surface area contributed by atoms with Gasteiger partial charge < -0.3 is 10.2 Å². The second-order valence-electron chi connectivity index (χ2n) is 5.42. The third kappa shape index (κ3) is 1.93. The predicted octanol–water partition coefficient (Wildman–Crippen LogP) is 1.73. The van der Waals surface area contributed by atoms with Crippen LogP contribution in [0.1, 0.15) is 16.9 Å². The summed E-state index contributed by atoms with van der Waals surface area (Å²) >= 11 is 1.65. The molecule has 4 rings (SSSR count). The summed E-state index contributed by atoms with van der Waals surface area (Å²) in [5, 5.41) is 6.27. The second kappa shape index (κ2) is 4.28. The molecule has 3 atom stereocenters. The molecule has 4 nitrogen and oxygen atoms in total. The van der Waals surface area contributed by atoms with Gasteiger partial charge in [0.2, 0.25) is 0 Å². The normalized spacial score (nSPS) is 28.9. The molecule has 0 aromatic carbocycles. The Kier molecular flexibility index (Phi) is 2.56. The SMILES string of the molecule is O=C(N[C@H]1CN2CC[C@H]1C2)c1cc2sccc2cn1. The number of hydrogen-bond donors (Lipinski definition) is 1. The van der Waals surface area contributed by atoms with Gasteiger partial charge >= 0.3 is 0 Å². The predicted molar refractivity (Wildman–Crippen MR) is 75.4 cm³/mol. The molecular weight excluding hydrogens is 258 g/mol. The quantitative estimate of drug-likeness (QED) is 0.906. The van der Waals surface area contributed by atoms with Gasteiger partial charge in [-0.05, 0) is 36.4 Å². The number of nitrogens with one attached hydrogen (secondary N) is 1. The minimum atomic E-state index is -0.0333. The van der Waals surface area contributed by atoms with E-state index in [9.17, 15) is 4.79 Å². The summed E-state index contributed by atoms with van der Waals surface area (Å²) in [4.78, 5) is 18.9. The molecule has 0 aliphatic carbocycles. The Labute approximate surface area is 115 Å². The summed E-state index contributed by atoms with van der Waals surface area (Å²) in [5.41, 5.74) is 0.535. The van der Waals surface area contributed by atoms with Crippen molar-refractivity contribution in [1.29, 1.82) is 0 Å². The largest absolute Gasteiger partial charge is 0.346 e. The molecule has 2 aliphatic heterocycles. The average Bonchev–Trinajstić information content (AvgIpc) is 3.13. The number of aromatic nitrogens is 1. The van der Waals surface area contributed by atoms with E-state index in [0.29, 0.717) is 17.7 Å². The first-order chi connectivity index (χ1) is 9.29. The molecule has 2 aromatic heterocycles. The Hall–Kier alpha value is -1.46. The highest BCUT2D eigenvalue weighted by Gasteiger charge is 2.38. The molecule has 98 valence electrons. The van der Waals surface area contributed by atoms with Crippen molar-refractivity contribution in [3.63, 3.8) is 0 Å². The van der Waals surface area contributed by atoms with Crippen molar-refractivity contribution in [2.75, 3.05) is 19.6 Å². The summed E-state index contributed by atoms with van der Waals surface area (Å²) < 4.78 is 1.12. The van der Waals surface area contributed by atoms with Gasteiger partial charge in [0.15, 0.2) is 0 Å². The summed E-state index contributed by atoms with van der Waals surface area (Å²) in [7, 11) is 0. The van der Waals surface area contributed by atoms with E-state index in [2.05, 4.69) is 15.2 Å². The van der Waals surface area contributed by atoms with Crippen LogP contribution in [0.2, 0.25) is 0 Å². The first kappa shape index (κ1) is 11.4. The van der Waals surface area contributed by atoms with E-state index in [4.69, 9.17) is 0 Å². The molecule has 2 fully saturated rings. The van der Waals surface area contributed by atoms with Gasteiger partial charge in [0.25, 0.3) is 5.91 Å². The summed E-state index contributed by atoms with van der Waals surface area (Å²) in [6.45, 7) is 3.33. The lowest BCUT2D eigenvalue weighted by Crippen LogP contribution is -2.43. The minimum Gasteiger partial charge on any atom is -0.346 e. The monoisotopic (exact) mass is 273 g/mol. The number of hydrogen-bond acceptors (Lipinski definition) is 4. The Morgan fingerprint density at radius 3 is 3.21 bits per heavy atom. The Balaban J connectivity index is 1.53. The van der Waals surface area contributed by atoms with Crippen molar-refractivity contribution in [2.24, 2.45) is 5.92 Å². The molecule has 19 heavy (non-hydrogen) atoms. The standard InChI is InChI=1S/C14H15N3OS/c18-14(16-12-8-17-3-1-10(12)7-17)11-5-13-9(6-15-11)2-4-19-13/h2,4-6,10,12H,1,3,7-8H2,(H,16,18)/t10-,12-/m0/s1. The van der Waals surface area contributed by atoms with Crippen LogP contribution in [0.25, 0.3) is 10.1 Å². The van der Waals surface area contributed by atoms with Crippen LogP contribution in [-0.2, 0) is 0 Å². The fourth-order valence-corrected chi connectivity index (χ4v) is 3.97. The molecule has 2 aromatic rings. The van der Waals surface area contributed by atoms with E-state index < -0.39 is 0 Å². The number of pyridine rings is 1. The zero-order chi connectivity index (χ0) is 12.8. The highest BCUT2D eigenvalue weighted by molar-refractivity contribution is 7.17. The topological polar surface area (TPSA) is 45.2 Å². The lowest BCUT2D eigenvalue weighted by molar-refractivity contribution is 0.0919. The van der Waals surface area contributed by atoms with Crippen LogP contribution in [0, 0.1) is 5.92 Å². The molecule has 2 aliphatic rings. The summed E-state index contributed by atoms with van der Waals surface area (Å²) in [5.74, 6) is 0.600. The molecule has 2 saturated heterocycles. The van der Waals surface area contributed by atoms with E-state index in [1.54, 1.807) is 17.5 Å². The van der Waals surface area contributed by atoms with E-state index in [0.717, 1.165) is 23.2 Å². The molecule has 1 amide bonds.